The summed E-state index contributed by atoms with van der Waals surface area (Å²) in [7, 11) is 0. The lowest BCUT2D eigenvalue weighted by Crippen LogP contribution is -2.36. The summed E-state index contributed by atoms with van der Waals surface area (Å²) in [4.78, 5) is 0. The first-order valence-electron chi connectivity index (χ1n) is 4.06. The Labute approximate surface area is 68.1 Å². The molecule has 0 heterocycles. The number of hydrogen-bond donors (Lipinski definition) is 1. The van der Waals surface area contributed by atoms with Crippen molar-refractivity contribution >= 4 is 11.6 Å². The Kier molecular flexibility index (Phi) is 2.99. The topological polar surface area (TPSA) is 12.0 Å². The van der Waals surface area contributed by atoms with Gasteiger partial charge in [-0.15, -0.1) is 11.6 Å². The van der Waals surface area contributed by atoms with Gasteiger partial charge in [0.2, 0.25) is 0 Å². The molecule has 1 aliphatic rings. The van der Waals surface area contributed by atoms with Gasteiger partial charge in [0.25, 0.3) is 0 Å². The second-order valence-corrected chi connectivity index (χ2v) is 4.11. The maximum atomic E-state index is 5.83. The SMILES string of the molecule is CC(C)NCC1CC(Cl)C1. The first-order chi connectivity index (χ1) is 4.68. The zero-order chi connectivity index (χ0) is 7.56. The number of rotatable bonds is 3. The van der Waals surface area contributed by atoms with Gasteiger partial charge in [-0.3, -0.25) is 0 Å². The first-order valence-corrected chi connectivity index (χ1v) is 4.49. The van der Waals surface area contributed by atoms with E-state index in [9.17, 15) is 0 Å². The van der Waals surface area contributed by atoms with Crippen molar-refractivity contribution in [1.82, 2.24) is 5.32 Å². The average molecular weight is 162 g/mol. The molecule has 0 saturated heterocycles. The maximum Gasteiger partial charge on any atom is 0.0342 e. The van der Waals surface area contributed by atoms with E-state index in [1.807, 2.05) is 0 Å². The summed E-state index contributed by atoms with van der Waals surface area (Å²) in [6.45, 7) is 5.51. The van der Waals surface area contributed by atoms with Crippen LogP contribution in [0.25, 0.3) is 0 Å². The minimum Gasteiger partial charge on any atom is -0.314 e. The minimum absolute atomic E-state index is 0.471. The second kappa shape index (κ2) is 3.59. The van der Waals surface area contributed by atoms with Crippen molar-refractivity contribution in [2.24, 2.45) is 5.92 Å². The van der Waals surface area contributed by atoms with E-state index < -0.39 is 0 Å². The van der Waals surface area contributed by atoms with Crippen LogP contribution in [0, 0.1) is 5.92 Å². The highest BCUT2D eigenvalue weighted by molar-refractivity contribution is 6.21. The molecule has 1 nitrogen and oxygen atoms in total. The number of nitrogens with one attached hydrogen (secondary N) is 1. The quantitative estimate of drug-likeness (QED) is 0.625. The van der Waals surface area contributed by atoms with Crippen LogP contribution >= 0.6 is 11.6 Å². The van der Waals surface area contributed by atoms with Gasteiger partial charge in [0.1, 0.15) is 0 Å². The molecule has 60 valence electrons. The van der Waals surface area contributed by atoms with E-state index in [2.05, 4.69) is 19.2 Å². The lowest BCUT2D eigenvalue weighted by molar-refractivity contribution is 0.301. The van der Waals surface area contributed by atoms with E-state index >= 15 is 0 Å². The zero-order valence-corrected chi connectivity index (χ0v) is 7.49. The Bertz CT molecular complexity index is 97.4. The molecule has 0 amide bonds. The highest BCUT2D eigenvalue weighted by Gasteiger charge is 2.26. The van der Waals surface area contributed by atoms with Crippen molar-refractivity contribution in [3.05, 3.63) is 0 Å². The summed E-state index contributed by atoms with van der Waals surface area (Å²) in [6, 6.07) is 0.620. The molecule has 0 spiro atoms. The third-order valence-electron chi connectivity index (χ3n) is 1.99. The van der Waals surface area contributed by atoms with Gasteiger partial charge in [0, 0.05) is 11.4 Å². The van der Waals surface area contributed by atoms with Crippen molar-refractivity contribution in [1.29, 1.82) is 0 Å². The zero-order valence-electron chi connectivity index (χ0n) is 6.73. The van der Waals surface area contributed by atoms with Gasteiger partial charge in [0.05, 0.1) is 0 Å². The van der Waals surface area contributed by atoms with E-state index in [0.29, 0.717) is 11.4 Å². The lowest BCUT2D eigenvalue weighted by Gasteiger charge is -2.31. The third kappa shape index (κ3) is 2.47. The van der Waals surface area contributed by atoms with Crippen LogP contribution in [0.2, 0.25) is 0 Å². The Hall–Kier alpha value is 0.250. The van der Waals surface area contributed by atoms with Crippen molar-refractivity contribution in [3.63, 3.8) is 0 Å². The lowest BCUT2D eigenvalue weighted by atomic mass is 9.85. The predicted molar refractivity (Wildman–Crippen MR) is 45.5 cm³/mol. The Morgan fingerprint density at radius 1 is 1.50 bits per heavy atom. The van der Waals surface area contributed by atoms with Crippen LogP contribution in [0.1, 0.15) is 26.7 Å². The molecule has 0 aromatic rings. The van der Waals surface area contributed by atoms with Crippen molar-refractivity contribution in [2.45, 2.75) is 38.1 Å². The highest BCUT2D eigenvalue weighted by atomic mass is 35.5. The maximum absolute atomic E-state index is 5.83. The van der Waals surface area contributed by atoms with Gasteiger partial charge in [-0.2, -0.15) is 0 Å². The molecule has 0 bridgehead atoms. The van der Waals surface area contributed by atoms with Crippen LogP contribution in [-0.4, -0.2) is 18.0 Å². The fourth-order valence-electron chi connectivity index (χ4n) is 1.22. The van der Waals surface area contributed by atoms with E-state index in [1.54, 1.807) is 0 Å². The summed E-state index contributed by atoms with van der Waals surface area (Å²) < 4.78 is 0. The van der Waals surface area contributed by atoms with Crippen LogP contribution in [0.4, 0.5) is 0 Å². The molecule has 0 radical (unpaired) electrons. The molecule has 1 rings (SSSR count). The number of halogens is 1. The Morgan fingerprint density at radius 2 is 2.10 bits per heavy atom. The van der Waals surface area contributed by atoms with E-state index in [0.717, 1.165) is 12.5 Å². The smallest absolute Gasteiger partial charge is 0.0342 e. The number of alkyl halides is 1. The summed E-state index contributed by atoms with van der Waals surface area (Å²) >= 11 is 5.83. The van der Waals surface area contributed by atoms with Gasteiger partial charge >= 0.3 is 0 Å². The van der Waals surface area contributed by atoms with Crippen molar-refractivity contribution in [3.8, 4) is 0 Å². The average Bonchev–Trinajstić information content (AvgIpc) is 1.77. The molecular formula is C8H16ClN. The summed E-state index contributed by atoms with van der Waals surface area (Å²) in [5.74, 6) is 0.852. The fraction of sp³-hybridized carbons (Fsp3) is 1.00. The molecule has 0 aromatic heterocycles. The Balaban J connectivity index is 1.95. The molecule has 0 aromatic carbocycles. The Morgan fingerprint density at radius 3 is 2.50 bits per heavy atom. The molecular weight excluding hydrogens is 146 g/mol. The normalized spacial score (nSPS) is 32.4. The second-order valence-electron chi connectivity index (χ2n) is 3.50. The van der Waals surface area contributed by atoms with Gasteiger partial charge in [-0.05, 0) is 25.3 Å². The van der Waals surface area contributed by atoms with E-state index in [4.69, 9.17) is 11.6 Å². The minimum atomic E-state index is 0.471. The standard InChI is InChI=1S/C8H16ClN/c1-6(2)10-5-7-3-8(9)4-7/h6-8,10H,3-5H2,1-2H3. The number of hydrogen-bond acceptors (Lipinski definition) is 1. The van der Waals surface area contributed by atoms with Crippen molar-refractivity contribution < 1.29 is 0 Å². The molecule has 1 aliphatic carbocycles. The van der Waals surface area contributed by atoms with Crippen LogP contribution in [0.5, 0.6) is 0 Å². The summed E-state index contributed by atoms with van der Waals surface area (Å²) in [5.41, 5.74) is 0. The molecule has 0 unspecified atom stereocenters. The molecule has 1 fully saturated rings. The van der Waals surface area contributed by atoms with Crippen molar-refractivity contribution in [2.75, 3.05) is 6.54 Å². The van der Waals surface area contributed by atoms with E-state index in [1.165, 1.54) is 12.8 Å². The summed E-state index contributed by atoms with van der Waals surface area (Å²) in [5, 5.41) is 3.88. The fourth-order valence-corrected chi connectivity index (χ4v) is 1.73. The van der Waals surface area contributed by atoms with Gasteiger partial charge < -0.3 is 5.32 Å². The van der Waals surface area contributed by atoms with E-state index in [-0.39, 0.29) is 0 Å². The van der Waals surface area contributed by atoms with Crippen LogP contribution in [-0.2, 0) is 0 Å². The third-order valence-corrected chi connectivity index (χ3v) is 2.35. The molecule has 0 atom stereocenters. The molecule has 1 N–H and O–H groups in total. The van der Waals surface area contributed by atoms with Gasteiger partial charge in [0.15, 0.2) is 0 Å². The van der Waals surface area contributed by atoms with Gasteiger partial charge in [-0.1, -0.05) is 13.8 Å². The molecule has 0 aliphatic heterocycles. The van der Waals surface area contributed by atoms with Crippen LogP contribution in [0.3, 0.4) is 0 Å². The largest absolute Gasteiger partial charge is 0.314 e. The molecule has 1 saturated carbocycles. The van der Waals surface area contributed by atoms with Gasteiger partial charge in [-0.25, -0.2) is 0 Å². The first kappa shape index (κ1) is 8.35. The van der Waals surface area contributed by atoms with Crippen LogP contribution in [0.15, 0.2) is 0 Å². The van der Waals surface area contributed by atoms with Crippen LogP contribution < -0.4 is 5.32 Å². The molecule has 10 heavy (non-hydrogen) atoms. The molecule has 2 heteroatoms. The predicted octanol–water partition coefficient (Wildman–Crippen LogP) is 2.00. The highest BCUT2D eigenvalue weighted by Crippen LogP contribution is 2.31. The monoisotopic (exact) mass is 161 g/mol. The summed E-state index contributed by atoms with van der Waals surface area (Å²) in [6.07, 6.45) is 2.42.